The number of nitro groups is 1. The van der Waals surface area contributed by atoms with Gasteiger partial charge in [0, 0.05) is 22.7 Å². The van der Waals surface area contributed by atoms with Crippen LogP contribution in [-0.2, 0) is 0 Å². The summed E-state index contributed by atoms with van der Waals surface area (Å²) in [4.78, 5) is 19.0. The molecule has 0 aliphatic carbocycles. The molecule has 3 rings (SSSR count). The van der Waals surface area contributed by atoms with Crippen LogP contribution < -0.4 is 0 Å². The van der Waals surface area contributed by atoms with Gasteiger partial charge in [-0.1, -0.05) is 23.7 Å². The van der Waals surface area contributed by atoms with Crippen molar-refractivity contribution < 1.29 is 4.92 Å². The van der Waals surface area contributed by atoms with Crippen LogP contribution in [0.4, 0.5) is 5.69 Å². The summed E-state index contributed by atoms with van der Waals surface area (Å²) in [7, 11) is 0. The van der Waals surface area contributed by atoms with Crippen LogP contribution in [0.25, 0.3) is 22.3 Å². The SMILES string of the molecule is O=[N+]([O-])c1ccc2ncc(-c3ccc(Cl)cc3)nc2c1. The third-order valence-electron chi connectivity index (χ3n) is 2.88. The minimum Gasteiger partial charge on any atom is -0.258 e. The average Bonchev–Trinajstić information content (AvgIpc) is 2.47. The second-order valence-corrected chi connectivity index (χ2v) is 4.63. The summed E-state index contributed by atoms with van der Waals surface area (Å²) < 4.78 is 0. The maximum atomic E-state index is 10.8. The molecule has 1 heterocycles. The quantitative estimate of drug-likeness (QED) is 0.529. The predicted molar refractivity (Wildman–Crippen MR) is 76.6 cm³/mol. The molecule has 0 fully saturated rings. The lowest BCUT2D eigenvalue weighted by molar-refractivity contribution is -0.384. The fraction of sp³-hybridized carbons (Fsp3) is 0. The van der Waals surface area contributed by atoms with Crippen LogP contribution in [0, 0.1) is 10.1 Å². The van der Waals surface area contributed by atoms with Crippen LogP contribution in [0.3, 0.4) is 0 Å². The molecule has 0 bridgehead atoms. The molecule has 0 saturated heterocycles. The zero-order chi connectivity index (χ0) is 14.1. The molecule has 0 aliphatic rings. The Hall–Kier alpha value is -2.53. The number of non-ortho nitro benzene ring substituents is 1. The Morgan fingerprint density at radius 3 is 2.50 bits per heavy atom. The second-order valence-electron chi connectivity index (χ2n) is 4.19. The lowest BCUT2D eigenvalue weighted by atomic mass is 10.1. The van der Waals surface area contributed by atoms with E-state index < -0.39 is 4.92 Å². The lowest BCUT2D eigenvalue weighted by Gasteiger charge is -2.03. The molecule has 0 amide bonds. The molecule has 0 spiro atoms. The zero-order valence-electron chi connectivity index (χ0n) is 10.2. The summed E-state index contributed by atoms with van der Waals surface area (Å²) in [6, 6.07) is 11.6. The highest BCUT2D eigenvalue weighted by molar-refractivity contribution is 6.30. The van der Waals surface area contributed by atoms with Gasteiger partial charge in [0.05, 0.1) is 27.8 Å². The van der Waals surface area contributed by atoms with Crippen molar-refractivity contribution in [2.24, 2.45) is 0 Å². The molecule has 2 aromatic carbocycles. The number of rotatable bonds is 2. The van der Waals surface area contributed by atoms with E-state index in [0.717, 1.165) is 5.56 Å². The van der Waals surface area contributed by atoms with Crippen molar-refractivity contribution in [1.82, 2.24) is 9.97 Å². The molecule has 3 aromatic rings. The van der Waals surface area contributed by atoms with Gasteiger partial charge in [-0.2, -0.15) is 0 Å². The highest BCUT2D eigenvalue weighted by atomic mass is 35.5. The smallest absolute Gasteiger partial charge is 0.258 e. The Kier molecular flexibility index (Phi) is 3.04. The van der Waals surface area contributed by atoms with Crippen LogP contribution in [0.5, 0.6) is 0 Å². The summed E-state index contributed by atoms with van der Waals surface area (Å²) in [5.74, 6) is 0. The third kappa shape index (κ3) is 2.31. The molecule has 1 aromatic heterocycles. The second kappa shape index (κ2) is 4.86. The van der Waals surface area contributed by atoms with Crippen LogP contribution in [0.15, 0.2) is 48.7 Å². The first-order chi connectivity index (χ1) is 9.63. The first kappa shape index (κ1) is 12.5. The third-order valence-corrected chi connectivity index (χ3v) is 3.13. The van der Waals surface area contributed by atoms with Crippen molar-refractivity contribution in [3.8, 4) is 11.3 Å². The van der Waals surface area contributed by atoms with Gasteiger partial charge in [0.1, 0.15) is 0 Å². The monoisotopic (exact) mass is 285 g/mol. The van der Waals surface area contributed by atoms with Gasteiger partial charge in [-0.25, -0.2) is 4.98 Å². The van der Waals surface area contributed by atoms with Crippen LogP contribution >= 0.6 is 11.6 Å². The minimum absolute atomic E-state index is 0.0000520. The summed E-state index contributed by atoms with van der Waals surface area (Å²) in [5.41, 5.74) is 2.62. The van der Waals surface area contributed by atoms with Crippen LogP contribution in [0.1, 0.15) is 0 Å². The van der Waals surface area contributed by atoms with Crippen LogP contribution in [-0.4, -0.2) is 14.9 Å². The molecule has 98 valence electrons. The Balaban J connectivity index is 2.13. The molecule has 0 atom stereocenters. The number of fused-ring (bicyclic) bond motifs is 1. The Morgan fingerprint density at radius 1 is 1.05 bits per heavy atom. The molecule has 0 radical (unpaired) electrons. The van der Waals surface area contributed by atoms with E-state index in [9.17, 15) is 10.1 Å². The molecule has 6 heteroatoms. The van der Waals surface area contributed by atoms with Gasteiger partial charge in [-0.3, -0.25) is 15.1 Å². The number of hydrogen-bond donors (Lipinski definition) is 0. The van der Waals surface area contributed by atoms with Crippen LogP contribution in [0.2, 0.25) is 5.02 Å². The van der Waals surface area contributed by atoms with Gasteiger partial charge < -0.3 is 0 Å². The van der Waals surface area contributed by atoms with Crippen molar-refractivity contribution in [3.63, 3.8) is 0 Å². The first-order valence-corrected chi connectivity index (χ1v) is 6.18. The van der Waals surface area contributed by atoms with Crippen molar-refractivity contribution >= 4 is 28.3 Å². The minimum atomic E-state index is -0.448. The molecular formula is C14H8ClN3O2. The molecule has 0 unspecified atom stereocenters. The number of nitro benzene ring substituents is 1. The largest absolute Gasteiger partial charge is 0.271 e. The topological polar surface area (TPSA) is 68.9 Å². The molecule has 0 aliphatic heterocycles. The van der Waals surface area contributed by atoms with E-state index in [1.165, 1.54) is 12.1 Å². The first-order valence-electron chi connectivity index (χ1n) is 5.80. The predicted octanol–water partition coefficient (Wildman–Crippen LogP) is 3.86. The molecular weight excluding hydrogens is 278 g/mol. The van der Waals surface area contributed by atoms with Gasteiger partial charge in [-0.05, 0) is 18.2 Å². The van der Waals surface area contributed by atoms with E-state index in [1.54, 1.807) is 24.4 Å². The molecule has 0 N–H and O–H groups in total. The standard InChI is InChI=1S/C14H8ClN3O2/c15-10-3-1-9(2-4-10)14-8-16-12-6-5-11(18(19)20)7-13(12)17-14/h1-8H. The van der Waals surface area contributed by atoms with E-state index in [4.69, 9.17) is 11.6 Å². The number of nitrogens with zero attached hydrogens (tertiary/aromatic N) is 3. The fourth-order valence-electron chi connectivity index (χ4n) is 1.87. The lowest BCUT2D eigenvalue weighted by Crippen LogP contribution is -1.92. The molecule has 5 nitrogen and oxygen atoms in total. The average molecular weight is 286 g/mol. The molecule has 20 heavy (non-hydrogen) atoms. The Morgan fingerprint density at radius 2 is 1.80 bits per heavy atom. The normalized spacial score (nSPS) is 10.7. The summed E-state index contributed by atoms with van der Waals surface area (Å²) in [5, 5.41) is 11.4. The maximum absolute atomic E-state index is 10.8. The highest BCUT2D eigenvalue weighted by Crippen LogP contribution is 2.23. The van der Waals surface area contributed by atoms with E-state index in [2.05, 4.69) is 9.97 Å². The fourth-order valence-corrected chi connectivity index (χ4v) is 2.00. The molecule has 0 saturated carbocycles. The van der Waals surface area contributed by atoms with Gasteiger partial charge in [0.25, 0.3) is 5.69 Å². The zero-order valence-corrected chi connectivity index (χ0v) is 10.9. The van der Waals surface area contributed by atoms with E-state index >= 15 is 0 Å². The van der Waals surface area contributed by atoms with Crippen molar-refractivity contribution in [1.29, 1.82) is 0 Å². The van der Waals surface area contributed by atoms with Crippen molar-refractivity contribution in [3.05, 3.63) is 63.8 Å². The number of halogens is 1. The Bertz CT molecular complexity index is 803. The van der Waals surface area contributed by atoms with E-state index in [0.29, 0.717) is 21.7 Å². The summed E-state index contributed by atoms with van der Waals surface area (Å²) in [6.45, 7) is 0. The summed E-state index contributed by atoms with van der Waals surface area (Å²) in [6.07, 6.45) is 1.64. The van der Waals surface area contributed by atoms with E-state index in [1.807, 2.05) is 12.1 Å². The highest BCUT2D eigenvalue weighted by Gasteiger charge is 2.09. The van der Waals surface area contributed by atoms with Crippen molar-refractivity contribution in [2.75, 3.05) is 0 Å². The number of benzene rings is 2. The van der Waals surface area contributed by atoms with Gasteiger partial charge >= 0.3 is 0 Å². The van der Waals surface area contributed by atoms with Gasteiger partial charge in [0.15, 0.2) is 0 Å². The summed E-state index contributed by atoms with van der Waals surface area (Å²) >= 11 is 5.84. The maximum Gasteiger partial charge on any atom is 0.271 e. The van der Waals surface area contributed by atoms with Gasteiger partial charge in [0.2, 0.25) is 0 Å². The number of aromatic nitrogens is 2. The number of hydrogen-bond acceptors (Lipinski definition) is 4. The van der Waals surface area contributed by atoms with Crippen molar-refractivity contribution in [2.45, 2.75) is 0 Å². The van der Waals surface area contributed by atoms with Gasteiger partial charge in [-0.15, -0.1) is 0 Å². The Labute approximate surface area is 119 Å². The van der Waals surface area contributed by atoms with E-state index in [-0.39, 0.29) is 5.69 Å².